The van der Waals surface area contributed by atoms with Crippen LogP contribution in [0.2, 0.25) is 0 Å². The van der Waals surface area contributed by atoms with Crippen LogP contribution < -0.4 is 5.32 Å². The highest BCUT2D eigenvalue weighted by Crippen LogP contribution is 1.98. The number of rotatable bonds is 1. The molecule has 0 bridgehead atoms. The van der Waals surface area contributed by atoms with E-state index in [0.717, 1.165) is 5.84 Å². The fourth-order valence-corrected chi connectivity index (χ4v) is 1.08. The van der Waals surface area contributed by atoms with Crippen molar-refractivity contribution in [3.63, 3.8) is 0 Å². The number of isocyanates is 1. The maximum absolute atomic E-state index is 8.24. The minimum atomic E-state index is 0.500. The second-order valence-corrected chi connectivity index (χ2v) is 2.48. The number of quaternary nitrogens is 1. The lowest BCUT2D eigenvalue weighted by molar-refractivity contribution is -0.456. The fourth-order valence-electron chi connectivity index (χ4n) is 1.08. The van der Waals surface area contributed by atoms with E-state index in [9.17, 15) is 0 Å². The Labute approximate surface area is 81.5 Å². The fraction of sp³-hybridized carbons (Fsp3) is 0. The second-order valence-electron chi connectivity index (χ2n) is 2.48. The molecular formula is C10H9N3O. The zero-order valence-electron chi connectivity index (χ0n) is 7.42. The first-order valence-corrected chi connectivity index (χ1v) is 4.03. The summed E-state index contributed by atoms with van der Waals surface area (Å²) in [5.74, 6) is 1.05. The molecule has 0 unspecified atom stereocenters. The molecule has 1 aromatic rings. The predicted molar refractivity (Wildman–Crippen MR) is 53.1 cm³/mol. The molecule has 0 saturated heterocycles. The van der Waals surface area contributed by atoms with E-state index in [-0.39, 0.29) is 0 Å². The highest BCUT2D eigenvalue weighted by molar-refractivity contribution is 5.92. The molecule has 0 radical (unpaired) electrons. The summed E-state index contributed by atoms with van der Waals surface area (Å²) in [5, 5.41) is 8.77. The Morgan fingerprint density at radius 3 is 2.43 bits per heavy atom. The van der Waals surface area contributed by atoms with E-state index in [4.69, 9.17) is 10.2 Å². The van der Waals surface area contributed by atoms with Crippen molar-refractivity contribution in [1.82, 2.24) is 0 Å². The van der Waals surface area contributed by atoms with Gasteiger partial charge in [-0.1, -0.05) is 18.2 Å². The molecule has 0 aliphatic carbocycles. The zero-order valence-corrected chi connectivity index (χ0v) is 7.42. The number of aliphatic imine (C=N–C) groups is 1. The first kappa shape index (κ1) is 10.1. The predicted octanol–water partition coefficient (Wildman–Crippen LogP) is 0.373. The van der Waals surface area contributed by atoms with Crippen LogP contribution in [-0.2, 0) is 4.79 Å². The molecule has 0 amide bonds. The van der Waals surface area contributed by atoms with Crippen LogP contribution in [0.5, 0.6) is 0 Å². The van der Waals surface area contributed by atoms with Crippen LogP contribution in [0.15, 0.2) is 47.7 Å². The Morgan fingerprint density at radius 1 is 1.29 bits per heavy atom. The standard InChI is InChI=1S/C9H8N2.CNO/c1-2-4-8(5-3-1)9-10-6-7-11-9;2-1-3/h1-7H,(H,10,11);/q;-1/p+1. The molecule has 14 heavy (non-hydrogen) atoms. The molecule has 0 atom stereocenters. The molecule has 4 heteroatoms. The summed E-state index contributed by atoms with van der Waals surface area (Å²) in [7, 11) is 0. The molecule has 0 saturated carbocycles. The smallest absolute Gasteiger partial charge is 0.236 e. The van der Waals surface area contributed by atoms with Gasteiger partial charge in [0.2, 0.25) is 5.84 Å². The van der Waals surface area contributed by atoms with Crippen molar-refractivity contribution in [3.8, 4) is 0 Å². The largest absolute Gasteiger partial charge is 0.724 e. The molecule has 0 aromatic heterocycles. The molecule has 1 aliphatic rings. The quantitative estimate of drug-likeness (QED) is 0.501. The summed E-state index contributed by atoms with van der Waals surface area (Å²) in [6, 6.07) is 10.2. The van der Waals surface area contributed by atoms with Crippen LogP contribution in [0, 0.1) is 0 Å². The van der Waals surface area contributed by atoms with Gasteiger partial charge in [-0.15, -0.1) is 0 Å². The molecule has 1 heterocycles. The van der Waals surface area contributed by atoms with Crippen LogP contribution in [0.4, 0.5) is 0 Å². The van der Waals surface area contributed by atoms with Gasteiger partial charge in [-0.2, -0.15) is 4.99 Å². The van der Waals surface area contributed by atoms with Crippen molar-refractivity contribution in [2.45, 2.75) is 0 Å². The zero-order chi connectivity index (χ0) is 10.2. The van der Waals surface area contributed by atoms with Gasteiger partial charge in [0.1, 0.15) is 6.20 Å². The van der Waals surface area contributed by atoms with Crippen molar-refractivity contribution in [3.05, 3.63) is 53.7 Å². The SMILES string of the molecule is C1=C[NH2+]C(c2ccccc2)=N1.[N-]=C=O. The van der Waals surface area contributed by atoms with E-state index in [2.05, 4.69) is 17.1 Å². The number of carbonyl (C=O) groups excluding carboxylic acids is 1. The summed E-state index contributed by atoms with van der Waals surface area (Å²) >= 11 is 0. The van der Waals surface area contributed by atoms with Gasteiger partial charge < -0.3 is 5.41 Å². The first-order valence-electron chi connectivity index (χ1n) is 4.03. The van der Waals surface area contributed by atoms with Gasteiger partial charge >= 0.3 is 0 Å². The molecule has 0 spiro atoms. The number of nitrogens with zero attached hydrogens (tertiary/aromatic N) is 2. The highest BCUT2D eigenvalue weighted by Gasteiger charge is 2.07. The third kappa shape index (κ3) is 2.79. The van der Waals surface area contributed by atoms with E-state index in [1.54, 1.807) is 0 Å². The average molecular weight is 187 g/mol. The minimum Gasteiger partial charge on any atom is -0.724 e. The van der Waals surface area contributed by atoms with Gasteiger partial charge in [0.25, 0.3) is 0 Å². The summed E-state index contributed by atoms with van der Waals surface area (Å²) in [5.41, 5.74) is 1.18. The van der Waals surface area contributed by atoms with Crippen molar-refractivity contribution in [2.24, 2.45) is 4.99 Å². The van der Waals surface area contributed by atoms with Gasteiger partial charge in [0, 0.05) is 0 Å². The average Bonchev–Trinajstić information content (AvgIpc) is 2.73. The first-order chi connectivity index (χ1) is 6.88. The number of amidine groups is 1. The van der Waals surface area contributed by atoms with Crippen LogP contribution in [0.3, 0.4) is 0 Å². The normalized spacial score (nSPS) is 12.4. The van der Waals surface area contributed by atoms with Crippen LogP contribution in [0.1, 0.15) is 5.56 Å². The van der Waals surface area contributed by atoms with E-state index < -0.39 is 0 Å². The molecule has 2 N–H and O–H groups in total. The lowest BCUT2D eigenvalue weighted by Gasteiger charge is -1.93. The highest BCUT2D eigenvalue weighted by atomic mass is 16.1. The summed E-state index contributed by atoms with van der Waals surface area (Å²) in [4.78, 5) is 12.4. The van der Waals surface area contributed by atoms with Gasteiger partial charge in [0.15, 0.2) is 0 Å². The molecule has 70 valence electrons. The lowest BCUT2D eigenvalue weighted by Crippen LogP contribution is -2.81. The Morgan fingerprint density at radius 2 is 1.93 bits per heavy atom. The van der Waals surface area contributed by atoms with Crippen molar-refractivity contribution in [2.75, 3.05) is 0 Å². The number of nitrogens with two attached hydrogens (primary N) is 1. The molecule has 4 nitrogen and oxygen atoms in total. The molecule has 1 aromatic carbocycles. The Balaban J connectivity index is 0.000000293. The maximum Gasteiger partial charge on any atom is 0.236 e. The molecule has 1 aliphatic heterocycles. The van der Waals surface area contributed by atoms with Crippen LogP contribution >= 0.6 is 0 Å². The second kappa shape index (κ2) is 5.59. The summed E-state index contributed by atoms with van der Waals surface area (Å²) < 4.78 is 0. The number of hydrogen-bond donors (Lipinski definition) is 1. The topological polar surface area (TPSA) is 68.3 Å². The minimum absolute atomic E-state index is 0.500. The third-order valence-corrected chi connectivity index (χ3v) is 1.62. The lowest BCUT2D eigenvalue weighted by atomic mass is 10.2. The van der Waals surface area contributed by atoms with Crippen molar-refractivity contribution >= 4 is 11.9 Å². The van der Waals surface area contributed by atoms with E-state index in [0.29, 0.717) is 6.08 Å². The number of hydrogen-bond acceptors (Lipinski definition) is 2. The summed E-state index contributed by atoms with van der Waals surface area (Å²) in [6.45, 7) is 0. The molecule has 0 fully saturated rings. The Kier molecular flexibility index (Phi) is 4.01. The monoisotopic (exact) mass is 187 g/mol. The summed E-state index contributed by atoms with van der Waals surface area (Å²) in [6.07, 6.45) is 4.25. The molecule has 2 rings (SSSR count). The van der Waals surface area contributed by atoms with Gasteiger partial charge in [-0.3, -0.25) is 10.1 Å². The van der Waals surface area contributed by atoms with Gasteiger partial charge in [-0.05, 0) is 18.2 Å². The maximum atomic E-state index is 8.24. The Bertz CT molecular complexity index is 376. The number of benzene rings is 1. The van der Waals surface area contributed by atoms with E-state index in [1.807, 2.05) is 35.9 Å². The van der Waals surface area contributed by atoms with E-state index >= 15 is 0 Å². The molecular weight excluding hydrogens is 178 g/mol. The van der Waals surface area contributed by atoms with Crippen LogP contribution in [-0.4, -0.2) is 11.9 Å². The van der Waals surface area contributed by atoms with Gasteiger partial charge in [-0.25, -0.2) is 0 Å². The Hall–Kier alpha value is -2.03. The van der Waals surface area contributed by atoms with Crippen molar-refractivity contribution in [1.29, 1.82) is 0 Å². The third-order valence-electron chi connectivity index (χ3n) is 1.62. The van der Waals surface area contributed by atoms with Gasteiger partial charge in [0.05, 0.1) is 11.8 Å². The van der Waals surface area contributed by atoms with E-state index in [1.165, 1.54) is 5.56 Å². The van der Waals surface area contributed by atoms with Crippen molar-refractivity contribution < 1.29 is 10.1 Å². The van der Waals surface area contributed by atoms with Crippen LogP contribution in [0.25, 0.3) is 5.41 Å².